The molecule has 0 spiro atoms. The van der Waals surface area contributed by atoms with Gasteiger partial charge in [-0.2, -0.15) is 0 Å². The van der Waals surface area contributed by atoms with Gasteiger partial charge in [-0.05, 0) is 44.3 Å². The Morgan fingerprint density at radius 2 is 1.81 bits per heavy atom. The second-order valence-electron chi connectivity index (χ2n) is 7.44. The van der Waals surface area contributed by atoms with Crippen LogP contribution in [-0.2, 0) is 7.05 Å². The minimum atomic E-state index is -1.74. The van der Waals surface area contributed by atoms with Gasteiger partial charge in [0.15, 0.2) is 0 Å². The predicted octanol–water partition coefficient (Wildman–Crippen LogP) is 5.11. The van der Waals surface area contributed by atoms with Crippen molar-refractivity contribution in [1.29, 1.82) is 0 Å². The summed E-state index contributed by atoms with van der Waals surface area (Å²) in [6, 6.07) is 16.3. The molecule has 0 amide bonds. The van der Waals surface area contributed by atoms with Crippen molar-refractivity contribution in [3.63, 3.8) is 0 Å². The summed E-state index contributed by atoms with van der Waals surface area (Å²) in [7, 11) is 0.223. The summed E-state index contributed by atoms with van der Waals surface area (Å²) in [6.07, 6.45) is 3.78. The number of hydrogen-bond donors (Lipinski definition) is 0. The summed E-state index contributed by atoms with van der Waals surface area (Å²) in [5, 5.41) is 0. The molecule has 0 aliphatic carbocycles. The average molecular weight is 364 g/mol. The van der Waals surface area contributed by atoms with Crippen LogP contribution in [0.1, 0.15) is 16.8 Å². The molecule has 5 heteroatoms. The Balaban J connectivity index is 2.16. The molecule has 0 fully saturated rings. The molecule has 0 aliphatic rings. The minimum absolute atomic E-state index is 0.833. The van der Waals surface area contributed by atoms with E-state index in [9.17, 15) is 0 Å². The lowest BCUT2D eigenvalue weighted by atomic mass is 10.1. The SMILES string of the molecule is Cc1ccc(O[Si](C)(C)C)c(N=C(c2ccccc2)c2cn(C)cn2)c1. The van der Waals surface area contributed by atoms with Crippen molar-refractivity contribution in [3.8, 4) is 5.75 Å². The van der Waals surface area contributed by atoms with E-state index in [0.717, 1.165) is 34.0 Å². The Kier molecular flexibility index (Phi) is 5.09. The molecule has 3 aromatic rings. The van der Waals surface area contributed by atoms with E-state index in [-0.39, 0.29) is 0 Å². The van der Waals surface area contributed by atoms with Gasteiger partial charge in [0, 0.05) is 18.8 Å². The fourth-order valence-electron chi connectivity index (χ4n) is 2.65. The van der Waals surface area contributed by atoms with Gasteiger partial charge in [0.25, 0.3) is 0 Å². The summed E-state index contributed by atoms with van der Waals surface area (Å²) in [5.41, 5.74) is 4.72. The van der Waals surface area contributed by atoms with E-state index in [1.54, 1.807) is 6.33 Å². The van der Waals surface area contributed by atoms with Gasteiger partial charge in [-0.3, -0.25) is 0 Å². The third kappa shape index (κ3) is 4.49. The van der Waals surface area contributed by atoms with Crippen molar-refractivity contribution in [3.05, 3.63) is 77.9 Å². The van der Waals surface area contributed by atoms with Crippen LogP contribution in [0.15, 0.2) is 66.0 Å². The Bertz CT molecular complexity index is 924. The average Bonchev–Trinajstić information content (AvgIpc) is 3.00. The first-order chi connectivity index (χ1) is 12.3. The van der Waals surface area contributed by atoms with Gasteiger partial charge < -0.3 is 8.99 Å². The third-order valence-electron chi connectivity index (χ3n) is 3.76. The lowest BCUT2D eigenvalue weighted by molar-refractivity contribution is 0.559. The van der Waals surface area contributed by atoms with E-state index in [2.05, 4.69) is 55.8 Å². The maximum atomic E-state index is 6.27. The smallest absolute Gasteiger partial charge is 0.242 e. The Morgan fingerprint density at radius 1 is 1.08 bits per heavy atom. The molecule has 0 saturated carbocycles. The second kappa shape index (κ2) is 7.29. The summed E-state index contributed by atoms with van der Waals surface area (Å²) in [6.45, 7) is 8.60. The molecule has 4 nitrogen and oxygen atoms in total. The predicted molar refractivity (Wildman–Crippen MR) is 110 cm³/mol. The van der Waals surface area contributed by atoms with Crippen molar-refractivity contribution in [2.45, 2.75) is 26.6 Å². The summed E-state index contributed by atoms with van der Waals surface area (Å²) in [4.78, 5) is 9.51. The van der Waals surface area contributed by atoms with Crippen molar-refractivity contribution < 1.29 is 4.43 Å². The molecule has 0 radical (unpaired) electrons. The lowest BCUT2D eigenvalue weighted by Crippen LogP contribution is -2.29. The molecule has 2 aromatic carbocycles. The van der Waals surface area contributed by atoms with E-state index in [0.29, 0.717) is 0 Å². The standard InChI is InChI=1S/C21H25N3OSi/c1-16-11-12-20(25-26(3,4)5)18(13-16)23-21(17-9-7-6-8-10-17)19-14-24(2)15-22-19/h6-15H,1-5H3. The van der Waals surface area contributed by atoms with Crippen LogP contribution in [0.4, 0.5) is 5.69 Å². The first-order valence-corrected chi connectivity index (χ1v) is 12.1. The maximum Gasteiger partial charge on any atom is 0.242 e. The Labute approximate surface area is 156 Å². The van der Waals surface area contributed by atoms with Crippen LogP contribution in [-0.4, -0.2) is 23.6 Å². The molecule has 3 rings (SSSR count). The van der Waals surface area contributed by atoms with Gasteiger partial charge in [0.1, 0.15) is 17.1 Å². The molecular formula is C21H25N3OSi. The van der Waals surface area contributed by atoms with E-state index in [1.165, 1.54) is 0 Å². The van der Waals surface area contributed by atoms with Crippen molar-refractivity contribution in [2.75, 3.05) is 0 Å². The van der Waals surface area contributed by atoms with Crippen LogP contribution < -0.4 is 4.43 Å². The molecular weight excluding hydrogens is 338 g/mol. The highest BCUT2D eigenvalue weighted by Gasteiger charge is 2.19. The molecule has 26 heavy (non-hydrogen) atoms. The molecule has 0 unspecified atom stereocenters. The highest BCUT2D eigenvalue weighted by molar-refractivity contribution is 6.70. The van der Waals surface area contributed by atoms with Gasteiger partial charge in [-0.15, -0.1) is 0 Å². The molecule has 0 saturated heterocycles. The normalized spacial score (nSPS) is 12.3. The summed E-state index contributed by atoms with van der Waals surface area (Å²) >= 11 is 0. The molecule has 0 bridgehead atoms. The molecule has 0 N–H and O–H groups in total. The van der Waals surface area contributed by atoms with Crippen LogP contribution >= 0.6 is 0 Å². The molecule has 1 aromatic heterocycles. The lowest BCUT2D eigenvalue weighted by Gasteiger charge is -2.21. The zero-order chi connectivity index (χ0) is 18.7. The topological polar surface area (TPSA) is 39.4 Å². The second-order valence-corrected chi connectivity index (χ2v) is 11.9. The van der Waals surface area contributed by atoms with Gasteiger partial charge in [0.05, 0.1) is 12.0 Å². The van der Waals surface area contributed by atoms with Gasteiger partial charge >= 0.3 is 0 Å². The number of aryl methyl sites for hydroxylation is 2. The highest BCUT2D eigenvalue weighted by atomic mass is 28.4. The number of nitrogens with zero attached hydrogens (tertiary/aromatic N) is 3. The minimum Gasteiger partial charge on any atom is -0.543 e. The fraction of sp³-hybridized carbons (Fsp3) is 0.238. The molecule has 134 valence electrons. The monoisotopic (exact) mass is 363 g/mol. The first-order valence-electron chi connectivity index (χ1n) is 8.74. The highest BCUT2D eigenvalue weighted by Crippen LogP contribution is 2.32. The third-order valence-corrected chi connectivity index (χ3v) is 4.59. The van der Waals surface area contributed by atoms with Crippen molar-refractivity contribution in [1.82, 2.24) is 9.55 Å². The first kappa shape index (κ1) is 18.1. The van der Waals surface area contributed by atoms with E-state index in [4.69, 9.17) is 9.42 Å². The Hall–Kier alpha value is -2.66. The summed E-state index contributed by atoms with van der Waals surface area (Å²) in [5.74, 6) is 0.833. The van der Waals surface area contributed by atoms with Crippen molar-refractivity contribution in [2.24, 2.45) is 12.0 Å². The van der Waals surface area contributed by atoms with Gasteiger partial charge in [-0.25, -0.2) is 9.98 Å². The molecule has 1 heterocycles. The number of rotatable bonds is 5. The van der Waals surface area contributed by atoms with Gasteiger partial charge in [0.2, 0.25) is 8.32 Å². The van der Waals surface area contributed by atoms with E-state index in [1.807, 2.05) is 42.1 Å². The van der Waals surface area contributed by atoms with Crippen LogP contribution in [0.2, 0.25) is 19.6 Å². The van der Waals surface area contributed by atoms with Crippen LogP contribution in [0.3, 0.4) is 0 Å². The fourth-order valence-corrected chi connectivity index (χ4v) is 3.48. The number of benzene rings is 2. The largest absolute Gasteiger partial charge is 0.543 e. The summed E-state index contributed by atoms with van der Waals surface area (Å²) < 4.78 is 8.21. The molecule has 0 aliphatic heterocycles. The van der Waals surface area contributed by atoms with Crippen LogP contribution in [0.25, 0.3) is 0 Å². The van der Waals surface area contributed by atoms with Crippen molar-refractivity contribution >= 4 is 19.7 Å². The van der Waals surface area contributed by atoms with Crippen LogP contribution in [0, 0.1) is 6.92 Å². The zero-order valence-corrected chi connectivity index (χ0v) is 17.0. The maximum absolute atomic E-state index is 6.27. The van der Waals surface area contributed by atoms with E-state index < -0.39 is 8.32 Å². The van der Waals surface area contributed by atoms with Crippen LogP contribution in [0.5, 0.6) is 5.75 Å². The number of hydrogen-bond acceptors (Lipinski definition) is 3. The Morgan fingerprint density at radius 3 is 2.42 bits per heavy atom. The van der Waals surface area contributed by atoms with E-state index >= 15 is 0 Å². The zero-order valence-electron chi connectivity index (χ0n) is 16.0. The quantitative estimate of drug-likeness (QED) is 0.467. The van der Waals surface area contributed by atoms with Gasteiger partial charge in [-0.1, -0.05) is 36.4 Å². The molecule has 0 atom stereocenters. The number of imidazole rings is 1. The number of aliphatic imine (C=N–C) groups is 1. The number of aromatic nitrogens is 2.